The molecule has 4 nitrogen and oxygen atoms in total. The van der Waals surface area contributed by atoms with Crippen molar-refractivity contribution in [3.8, 4) is 0 Å². The summed E-state index contributed by atoms with van der Waals surface area (Å²) in [6.07, 6.45) is 0.851. The Labute approximate surface area is 140 Å². The lowest BCUT2D eigenvalue weighted by atomic mass is 10.1. The third kappa shape index (κ3) is 3.74. The van der Waals surface area contributed by atoms with Crippen LogP contribution in [0.4, 0.5) is 0 Å². The van der Waals surface area contributed by atoms with Crippen LogP contribution in [0.3, 0.4) is 0 Å². The van der Waals surface area contributed by atoms with Gasteiger partial charge in [0.15, 0.2) is 0 Å². The van der Waals surface area contributed by atoms with E-state index in [0.717, 1.165) is 44.8 Å². The molecule has 1 aliphatic carbocycles. The molecule has 1 aliphatic heterocycles. The first-order chi connectivity index (χ1) is 10.7. The maximum absolute atomic E-state index is 12.2. The fourth-order valence-corrected chi connectivity index (χ4v) is 3.38. The Morgan fingerprint density at radius 3 is 2.86 bits per heavy atom. The van der Waals surface area contributed by atoms with Crippen molar-refractivity contribution in [3.05, 3.63) is 33.8 Å². The van der Waals surface area contributed by atoms with Crippen molar-refractivity contribution in [1.82, 2.24) is 10.2 Å². The maximum Gasteiger partial charge on any atom is 0.223 e. The highest BCUT2D eigenvalue weighted by molar-refractivity contribution is 6.42. The third-order valence-corrected chi connectivity index (χ3v) is 5.17. The summed E-state index contributed by atoms with van der Waals surface area (Å²) in [5.41, 5.74) is 0.988. The Bertz CT molecular complexity index is 547. The number of nitrogens with zero attached hydrogens (tertiary/aromatic N) is 1. The van der Waals surface area contributed by atoms with Crippen LogP contribution in [0.1, 0.15) is 17.9 Å². The number of ether oxygens (including phenoxy) is 1. The predicted molar refractivity (Wildman–Crippen MR) is 87.6 cm³/mol. The van der Waals surface area contributed by atoms with Crippen LogP contribution in [-0.2, 0) is 9.53 Å². The van der Waals surface area contributed by atoms with Crippen molar-refractivity contribution in [2.24, 2.45) is 5.92 Å². The Balaban J connectivity index is 1.45. The van der Waals surface area contributed by atoms with Gasteiger partial charge in [-0.15, -0.1) is 0 Å². The van der Waals surface area contributed by atoms with E-state index in [9.17, 15) is 4.79 Å². The van der Waals surface area contributed by atoms with E-state index in [2.05, 4.69) is 10.2 Å². The standard InChI is InChI=1S/C16H20Cl2N2O2/c17-14-3-1-2-11(15(14)18)12-10-13(12)16(21)19-4-5-20-6-8-22-9-7-20/h1-3,12-13H,4-10H2,(H,19,21)/t12-,13-/m0/s1. The fraction of sp³-hybridized carbons (Fsp3) is 0.562. The van der Waals surface area contributed by atoms with Gasteiger partial charge in [0.25, 0.3) is 0 Å². The van der Waals surface area contributed by atoms with E-state index in [0.29, 0.717) is 16.6 Å². The zero-order chi connectivity index (χ0) is 15.5. The Kier molecular flexibility index (Phi) is 5.24. The highest BCUT2D eigenvalue weighted by Crippen LogP contribution is 2.50. The van der Waals surface area contributed by atoms with Crippen LogP contribution in [0.2, 0.25) is 10.0 Å². The second kappa shape index (κ2) is 7.18. The number of carbonyl (C=O) groups is 1. The maximum atomic E-state index is 12.2. The molecule has 0 bridgehead atoms. The lowest BCUT2D eigenvalue weighted by Crippen LogP contribution is -2.41. The van der Waals surface area contributed by atoms with Crippen LogP contribution in [0.25, 0.3) is 0 Å². The number of morpholine rings is 1. The Morgan fingerprint density at radius 2 is 2.09 bits per heavy atom. The molecule has 0 radical (unpaired) electrons. The van der Waals surface area contributed by atoms with Gasteiger partial charge in [0, 0.05) is 32.1 Å². The van der Waals surface area contributed by atoms with Crippen molar-refractivity contribution in [2.75, 3.05) is 39.4 Å². The number of amides is 1. The van der Waals surface area contributed by atoms with Gasteiger partial charge in [0.05, 0.1) is 23.3 Å². The summed E-state index contributed by atoms with van der Waals surface area (Å²) in [4.78, 5) is 14.5. The molecule has 6 heteroatoms. The lowest BCUT2D eigenvalue weighted by Gasteiger charge is -2.26. The molecule has 2 atom stereocenters. The number of rotatable bonds is 5. The van der Waals surface area contributed by atoms with E-state index in [4.69, 9.17) is 27.9 Å². The van der Waals surface area contributed by atoms with E-state index in [1.807, 2.05) is 12.1 Å². The number of benzene rings is 1. The van der Waals surface area contributed by atoms with Crippen LogP contribution >= 0.6 is 23.2 Å². The van der Waals surface area contributed by atoms with Gasteiger partial charge in [-0.3, -0.25) is 9.69 Å². The summed E-state index contributed by atoms with van der Waals surface area (Å²) < 4.78 is 5.31. The topological polar surface area (TPSA) is 41.6 Å². The molecule has 3 rings (SSSR count). The highest BCUT2D eigenvalue weighted by atomic mass is 35.5. The molecule has 1 saturated carbocycles. The summed E-state index contributed by atoms with van der Waals surface area (Å²) in [5, 5.41) is 4.16. The fourth-order valence-electron chi connectivity index (χ4n) is 2.93. The zero-order valence-electron chi connectivity index (χ0n) is 12.4. The third-order valence-electron chi connectivity index (χ3n) is 4.34. The molecule has 120 valence electrons. The normalized spacial score (nSPS) is 25.0. The van der Waals surface area contributed by atoms with E-state index < -0.39 is 0 Å². The summed E-state index contributed by atoms with van der Waals surface area (Å²) in [5.74, 6) is 0.351. The summed E-state index contributed by atoms with van der Waals surface area (Å²) >= 11 is 12.3. The van der Waals surface area contributed by atoms with Crippen LogP contribution in [0.5, 0.6) is 0 Å². The molecular weight excluding hydrogens is 323 g/mol. The highest BCUT2D eigenvalue weighted by Gasteiger charge is 2.44. The molecule has 1 saturated heterocycles. The first-order valence-corrected chi connectivity index (χ1v) is 8.44. The monoisotopic (exact) mass is 342 g/mol. The second-order valence-electron chi connectivity index (χ2n) is 5.84. The van der Waals surface area contributed by atoms with Crippen molar-refractivity contribution in [1.29, 1.82) is 0 Å². The average Bonchev–Trinajstić information content (AvgIpc) is 3.31. The predicted octanol–water partition coefficient (Wildman–Crippen LogP) is 2.55. The molecule has 1 N–H and O–H groups in total. The molecular formula is C16H20Cl2N2O2. The van der Waals surface area contributed by atoms with Crippen molar-refractivity contribution in [2.45, 2.75) is 12.3 Å². The minimum atomic E-state index is 0.0284. The van der Waals surface area contributed by atoms with E-state index in [1.54, 1.807) is 6.07 Å². The Morgan fingerprint density at radius 1 is 1.32 bits per heavy atom. The van der Waals surface area contributed by atoms with Gasteiger partial charge in [-0.2, -0.15) is 0 Å². The molecule has 1 heterocycles. The number of carbonyl (C=O) groups excluding carboxylic acids is 1. The summed E-state index contributed by atoms with van der Waals surface area (Å²) in [6, 6.07) is 5.61. The van der Waals surface area contributed by atoms with Crippen LogP contribution < -0.4 is 5.32 Å². The van der Waals surface area contributed by atoms with Crippen LogP contribution in [0.15, 0.2) is 18.2 Å². The molecule has 0 spiro atoms. The molecule has 1 aromatic rings. The minimum Gasteiger partial charge on any atom is -0.379 e. The van der Waals surface area contributed by atoms with Crippen molar-refractivity contribution in [3.63, 3.8) is 0 Å². The van der Waals surface area contributed by atoms with Gasteiger partial charge >= 0.3 is 0 Å². The number of nitrogens with one attached hydrogen (secondary N) is 1. The molecule has 2 aliphatic rings. The Hall–Kier alpha value is -0.810. The quantitative estimate of drug-likeness (QED) is 0.893. The molecule has 22 heavy (non-hydrogen) atoms. The number of halogens is 2. The number of hydrogen-bond acceptors (Lipinski definition) is 3. The molecule has 0 unspecified atom stereocenters. The number of hydrogen-bond donors (Lipinski definition) is 1. The molecule has 2 fully saturated rings. The average molecular weight is 343 g/mol. The van der Waals surface area contributed by atoms with E-state index >= 15 is 0 Å². The van der Waals surface area contributed by atoms with Crippen LogP contribution in [-0.4, -0.2) is 50.2 Å². The minimum absolute atomic E-state index is 0.0284. The van der Waals surface area contributed by atoms with Gasteiger partial charge in [-0.05, 0) is 24.0 Å². The van der Waals surface area contributed by atoms with Gasteiger partial charge in [-0.25, -0.2) is 0 Å². The molecule has 1 aromatic carbocycles. The van der Waals surface area contributed by atoms with Crippen molar-refractivity contribution < 1.29 is 9.53 Å². The van der Waals surface area contributed by atoms with Crippen molar-refractivity contribution >= 4 is 29.1 Å². The van der Waals surface area contributed by atoms with E-state index in [1.165, 1.54) is 0 Å². The van der Waals surface area contributed by atoms with Gasteiger partial charge in [0.1, 0.15) is 0 Å². The first-order valence-electron chi connectivity index (χ1n) is 7.68. The van der Waals surface area contributed by atoms with Gasteiger partial charge < -0.3 is 10.1 Å². The van der Waals surface area contributed by atoms with Crippen LogP contribution in [0, 0.1) is 5.92 Å². The first kappa shape index (κ1) is 16.1. The zero-order valence-corrected chi connectivity index (χ0v) is 13.9. The van der Waals surface area contributed by atoms with Gasteiger partial charge in [0.2, 0.25) is 5.91 Å². The summed E-state index contributed by atoms with van der Waals surface area (Å²) in [7, 11) is 0. The smallest absolute Gasteiger partial charge is 0.223 e. The lowest BCUT2D eigenvalue weighted by molar-refractivity contribution is -0.122. The van der Waals surface area contributed by atoms with Gasteiger partial charge in [-0.1, -0.05) is 35.3 Å². The summed E-state index contributed by atoms with van der Waals surface area (Å²) in [6.45, 7) is 5.02. The largest absolute Gasteiger partial charge is 0.379 e. The second-order valence-corrected chi connectivity index (χ2v) is 6.62. The molecule has 1 amide bonds. The SMILES string of the molecule is O=C(NCCN1CCOCC1)[C@H]1C[C@H]1c1cccc(Cl)c1Cl. The van der Waals surface area contributed by atoms with E-state index in [-0.39, 0.29) is 17.7 Å². The molecule has 0 aromatic heterocycles.